The van der Waals surface area contributed by atoms with Gasteiger partial charge in [-0.25, -0.2) is 8.42 Å². The SMILES string of the molecule is Cc1c(C(F)(F)F)cccc1S(=O)(=O)N(C)C(C)C(=O)O. The zero-order valence-corrected chi connectivity index (χ0v) is 12.3. The molecule has 0 saturated heterocycles. The summed E-state index contributed by atoms with van der Waals surface area (Å²) >= 11 is 0. The maximum atomic E-state index is 12.8. The molecule has 0 aliphatic carbocycles. The Bertz CT molecular complexity index is 655. The van der Waals surface area contributed by atoms with E-state index in [1.54, 1.807) is 0 Å². The Labute approximate surface area is 120 Å². The van der Waals surface area contributed by atoms with Crippen LogP contribution in [-0.4, -0.2) is 36.9 Å². The highest BCUT2D eigenvalue weighted by Gasteiger charge is 2.36. The molecule has 118 valence electrons. The third-order valence-corrected chi connectivity index (χ3v) is 5.22. The zero-order valence-electron chi connectivity index (χ0n) is 11.5. The van der Waals surface area contributed by atoms with E-state index in [0.29, 0.717) is 4.31 Å². The molecule has 0 bridgehead atoms. The third kappa shape index (κ3) is 3.35. The number of sulfonamides is 1. The van der Waals surface area contributed by atoms with Gasteiger partial charge in [-0.15, -0.1) is 0 Å². The van der Waals surface area contributed by atoms with Crippen LogP contribution in [0.25, 0.3) is 0 Å². The molecule has 0 saturated carbocycles. The molecule has 0 fully saturated rings. The maximum absolute atomic E-state index is 12.8. The summed E-state index contributed by atoms with van der Waals surface area (Å²) in [6, 6.07) is 1.37. The van der Waals surface area contributed by atoms with Gasteiger partial charge in [0.2, 0.25) is 10.0 Å². The van der Waals surface area contributed by atoms with Crippen molar-refractivity contribution in [1.82, 2.24) is 4.31 Å². The Morgan fingerprint density at radius 1 is 1.33 bits per heavy atom. The van der Waals surface area contributed by atoms with Crippen molar-refractivity contribution in [3.63, 3.8) is 0 Å². The first-order valence-electron chi connectivity index (χ1n) is 5.78. The Kier molecular flexibility index (Phi) is 4.69. The molecular formula is C12H14F3NO4S. The van der Waals surface area contributed by atoms with Crippen LogP contribution in [0.5, 0.6) is 0 Å². The van der Waals surface area contributed by atoms with Gasteiger partial charge in [0.05, 0.1) is 10.5 Å². The molecule has 0 radical (unpaired) electrons. The standard InChI is InChI=1S/C12H14F3NO4S/c1-7-9(12(13,14)15)5-4-6-10(7)21(19,20)16(3)8(2)11(17)18/h4-6,8H,1-3H3,(H,17,18). The van der Waals surface area contributed by atoms with Crippen molar-refractivity contribution in [2.75, 3.05) is 7.05 Å². The summed E-state index contributed by atoms with van der Waals surface area (Å²) in [5.41, 5.74) is -1.53. The molecule has 21 heavy (non-hydrogen) atoms. The molecule has 1 aromatic rings. The maximum Gasteiger partial charge on any atom is 0.416 e. The van der Waals surface area contributed by atoms with Gasteiger partial charge in [-0.05, 0) is 31.5 Å². The molecule has 0 aromatic heterocycles. The minimum Gasteiger partial charge on any atom is -0.480 e. The molecule has 1 N–H and O–H groups in total. The second-order valence-corrected chi connectivity index (χ2v) is 6.43. The predicted octanol–water partition coefficient (Wildman–Crippen LogP) is 2.11. The second-order valence-electron chi connectivity index (χ2n) is 4.46. The number of carbonyl (C=O) groups is 1. The molecule has 0 heterocycles. The van der Waals surface area contributed by atoms with Gasteiger partial charge in [0.15, 0.2) is 0 Å². The largest absolute Gasteiger partial charge is 0.480 e. The topological polar surface area (TPSA) is 74.7 Å². The average molecular weight is 325 g/mol. The van der Waals surface area contributed by atoms with Gasteiger partial charge in [0.25, 0.3) is 0 Å². The van der Waals surface area contributed by atoms with E-state index in [1.807, 2.05) is 0 Å². The molecule has 0 spiro atoms. The van der Waals surface area contributed by atoms with E-state index in [4.69, 9.17) is 5.11 Å². The number of carboxylic acid groups (broad SMARTS) is 1. The number of likely N-dealkylation sites (N-methyl/N-ethyl adjacent to an activating group) is 1. The fourth-order valence-electron chi connectivity index (χ4n) is 1.72. The number of carboxylic acids is 1. The van der Waals surface area contributed by atoms with Gasteiger partial charge in [-0.2, -0.15) is 17.5 Å². The molecule has 1 rings (SSSR count). The van der Waals surface area contributed by atoms with Gasteiger partial charge < -0.3 is 5.11 Å². The minimum absolute atomic E-state index is 0.463. The van der Waals surface area contributed by atoms with Crippen molar-refractivity contribution in [2.24, 2.45) is 0 Å². The smallest absolute Gasteiger partial charge is 0.416 e. The lowest BCUT2D eigenvalue weighted by molar-refractivity contribution is -0.141. The van der Waals surface area contributed by atoms with Crippen LogP contribution in [0, 0.1) is 6.92 Å². The van der Waals surface area contributed by atoms with E-state index in [-0.39, 0.29) is 0 Å². The Balaban J connectivity index is 3.44. The molecule has 0 aliphatic rings. The lowest BCUT2D eigenvalue weighted by Crippen LogP contribution is -2.40. The first-order chi connectivity index (χ1) is 9.40. The average Bonchev–Trinajstić information content (AvgIpc) is 2.35. The fourth-order valence-corrected chi connectivity index (χ4v) is 3.28. The first-order valence-corrected chi connectivity index (χ1v) is 7.22. The van der Waals surface area contributed by atoms with E-state index in [1.165, 1.54) is 0 Å². The van der Waals surface area contributed by atoms with Crippen LogP contribution in [0.1, 0.15) is 18.1 Å². The zero-order chi connectivity index (χ0) is 16.6. The van der Waals surface area contributed by atoms with Crippen LogP contribution < -0.4 is 0 Å². The summed E-state index contributed by atoms with van der Waals surface area (Å²) in [4.78, 5) is 10.3. The van der Waals surface area contributed by atoms with E-state index in [0.717, 1.165) is 39.1 Å². The number of hydrogen-bond acceptors (Lipinski definition) is 3. The number of aliphatic carboxylic acids is 1. The van der Waals surface area contributed by atoms with Crippen LogP contribution in [0.3, 0.4) is 0 Å². The molecule has 1 unspecified atom stereocenters. The molecule has 1 aromatic carbocycles. The summed E-state index contributed by atoms with van der Waals surface area (Å²) in [6.45, 7) is 2.16. The van der Waals surface area contributed by atoms with E-state index in [2.05, 4.69) is 0 Å². The molecule has 5 nitrogen and oxygen atoms in total. The number of halogens is 3. The van der Waals surface area contributed by atoms with Crippen LogP contribution in [0.4, 0.5) is 13.2 Å². The van der Waals surface area contributed by atoms with Crippen molar-refractivity contribution in [3.05, 3.63) is 29.3 Å². The minimum atomic E-state index is -4.69. The van der Waals surface area contributed by atoms with E-state index in [9.17, 15) is 26.4 Å². The second kappa shape index (κ2) is 5.64. The lowest BCUT2D eigenvalue weighted by atomic mass is 10.1. The molecule has 9 heteroatoms. The van der Waals surface area contributed by atoms with Crippen LogP contribution in [0.15, 0.2) is 23.1 Å². The highest BCUT2D eigenvalue weighted by molar-refractivity contribution is 7.89. The third-order valence-electron chi connectivity index (χ3n) is 3.15. The van der Waals surface area contributed by atoms with E-state index < -0.39 is 44.2 Å². The Morgan fingerprint density at radius 2 is 1.86 bits per heavy atom. The summed E-state index contributed by atoms with van der Waals surface area (Å²) in [5.74, 6) is -1.40. The quantitative estimate of drug-likeness (QED) is 0.920. The van der Waals surface area contributed by atoms with Gasteiger partial charge >= 0.3 is 12.1 Å². The highest BCUT2D eigenvalue weighted by Crippen LogP contribution is 2.34. The van der Waals surface area contributed by atoms with E-state index >= 15 is 0 Å². The van der Waals surface area contributed by atoms with Crippen LogP contribution in [0.2, 0.25) is 0 Å². The number of alkyl halides is 3. The summed E-state index contributed by atoms with van der Waals surface area (Å²) in [5, 5.41) is 8.83. The molecule has 0 aliphatic heterocycles. The molecular weight excluding hydrogens is 311 g/mol. The Hall–Kier alpha value is -1.61. The first kappa shape index (κ1) is 17.4. The summed E-state index contributed by atoms with van der Waals surface area (Å²) in [7, 11) is -3.34. The predicted molar refractivity (Wildman–Crippen MR) is 68.2 cm³/mol. The summed E-state index contributed by atoms with van der Waals surface area (Å²) in [6.07, 6.45) is -4.69. The van der Waals surface area contributed by atoms with Gasteiger partial charge in [0, 0.05) is 7.05 Å². The monoisotopic (exact) mass is 325 g/mol. The van der Waals surface area contributed by atoms with Crippen LogP contribution in [-0.2, 0) is 21.0 Å². The van der Waals surface area contributed by atoms with Crippen LogP contribution >= 0.6 is 0 Å². The molecule has 0 amide bonds. The normalized spacial score (nSPS) is 14.2. The van der Waals surface area contributed by atoms with Gasteiger partial charge in [0.1, 0.15) is 6.04 Å². The number of rotatable bonds is 4. The summed E-state index contributed by atoms with van der Waals surface area (Å²) < 4.78 is 63.5. The van der Waals surface area contributed by atoms with Crippen molar-refractivity contribution < 1.29 is 31.5 Å². The van der Waals surface area contributed by atoms with Gasteiger partial charge in [-0.3, -0.25) is 4.79 Å². The number of nitrogens with zero attached hydrogens (tertiary/aromatic N) is 1. The van der Waals surface area contributed by atoms with Gasteiger partial charge in [-0.1, -0.05) is 6.07 Å². The lowest BCUT2D eigenvalue weighted by Gasteiger charge is -2.23. The fraction of sp³-hybridized carbons (Fsp3) is 0.417. The van der Waals surface area contributed by atoms with Crippen molar-refractivity contribution >= 4 is 16.0 Å². The molecule has 1 atom stereocenters. The highest BCUT2D eigenvalue weighted by atomic mass is 32.2. The van der Waals surface area contributed by atoms with Crippen molar-refractivity contribution in [3.8, 4) is 0 Å². The Morgan fingerprint density at radius 3 is 2.29 bits per heavy atom. The van der Waals surface area contributed by atoms with Crippen molar-refractivity contribution in [1.29, 1.82) is 0 Å². The van der Waals surface area contributed by atoms with Crippen molar-refractivity contribution in [2.45, 2.75) is 31.0 Å². The number of hydrogen-bond donors (Lipinski definition) is 1. The number of benzene rings is 1.